The largest absolute Gasteiger partial charge is 0.351 e. The zero-order chi connectivity index (χ0) is 19.7. The van der Waals surface area contributed by atoms with Crippen molar-refractivity contribution in [2.45, 2.75) is 46.1 Å². The van der Waals surface area contributed by atoms with Crippen LogP contribution in [0.3, 0.4) is 0 Å². The van der Waals surface area contributed by atoms with Crippen LogP contribution in [0.15, 0.2) is 48.9 Å². The molecular weight excluding hydrogens is 346 g/mol. The molecule has 0 bridgehead atoms. The summed E-state index contributed by atoms with van der Waals surface area (Å²) in [5, 5.41) is 3.50. The third-order valence-electron chi connectivity index (χ3n) is 5.30. The van der Waals surface area contributed by atoms with Crippen molar-refractivity contribution in [2.75, 3.05) is 16.8 Å². The summed E-state index contributed by atoms with van der Waals surface area (Å²) >= 11 is 0. The summed E-state index contributed by atoms with van der Waals surface area (Å²) in [5.41, 5.74) is 5.97. The van der Waals surface area contributed by atoms with Gasteiger partial charge in [-0.05, 0) is 41.7 Å². The summed E-state index contributed by atoms with van der Waals surface area (Å²) in [6.07, 6.45) is 4.41. The van der Waals surface area contributed by atoms with Gasteiger partial charge < -0.3 is 10.2 Å². The van der Waals surface area contributed by atoms with Crippen LogP contribution >= 0.6 is 0 Å². The molecule has 5 nitrogen and oxygen atoms in total. The first kappa shape index (κ1) is 18.4. The molecule has 4 rings (SSSR count). The molecule has 1 aromatic carbocycles. The van der Waals surface area contributed by atoms with Crippen molar-refractivity contribution >= 4 is 17.3 Å². The molecule has 5 heteroatoms. The van der Waals surface area contributed by atoms with E-state index in [1.165, 1.54) is 11.1 Å². The topological polar surface area (TPSA) is 53.9 Å². The molecule has 3 aromatic rings. The summed E-state index contributed by atoms with van der Waals surface area (Å²) in [7, 11) is 0. The standard InChI is InChI=1S/C23H27N5/c1-16-6-5-12-24-22(16)28-13-11-20-19(14-28)21(26-15-25-20)27-18-9-7-17(8-10-18)23(2,3)4/h5-10,12,15H,11,13-14H2,1-4H3,(H,25,26,27). The number of aryl methyl sites for hydroxylation is 1. The first-order valence-corrected chi connectivity index (χ1v) is 9.79. The number of fused-ring (bicyclic) bond motifs is 1. The highest BCUT2D eigenvalue weighted by Crippen LogP contribution is 2.30. The smallest absolute Gasteiger partial charge is 0.139 e. The Labute approximate surface area is 166 Å². The number of anilines is 3. The minimum Gasteiger partial charge on any atom is -0.351 e. The first-order chi connectivity index (χ1) is 13.4. The SMILES string of the molecule is Cc1cccnc1N1CCc2ncnc(Nc3ccc(C(C)(C)C)cc3)c2C1. The molecule has 0 aliphatic carbocycles. The van der Waals surface area contributed by atoms with Crippen molar-refractivity contribution in [3.63, 3.8) is 0 Å². The highest BCUT2D eigenvalue weighted by Gasteiger charge is 2.23. The molecule has 3 heterocycles. The van der Waals surface area contributed by atoms with Gasteiger partial charge >= 0.3 is 0 Å². The van der Waals surface area contributed by atoms with Crippen molar-refractivity contribution in [2.24, 2.45) is 0 Å². The molecule has 0 atom stereocenters. The Morgan fingerprint density at radius 1 is 1.00 bits per heavy atom. The van der Waals surface area contributed by atoms with Crippen molar-refractivity contribution in [3.8, 4) is 0 Å². The Morgan fingerprint density at radius 3 is 2.50 bits per heavy atom. The maximum absolute atomic E-state index is 4.59. The summed E-state index contributed by atoms with van der Waals surface area (Å²) in [6.45, 7) is 10.5. The second-order valence-electron chi connectivity index (χ2n) is 8.42. The summed E-state index contributed by atoms with van der Waals surface area (Å²) in [6, 6.07) is 12.7. The van der Waals surface area contributed by atoms with E-state index in [4.69, 9.17) is 0 Å². The maximum atomic E-state index is 4.59. The van der Waals surface area contributed by atoms with Crippen LogP contribution in [0.25, 0.3) is 0 Å². The molecule has 0 radical (unpaired) electrons. The van der Waals surface area contributed by atoms with Gasteiger partial charge in [0.25, 0.3) is 0 Å². The van der Waals surface area contributed by atoms with Crippen LogP contribution < -0.4 is 10.2 Å². The molecule has 0 unspecified atom stereocenters. The van der Waals surface area contributed by atoms with E-state index in [1.54, 1.807) is 6.33 Å². The molecule has 0 saturated heterocycles. The lowest BCUT2D eigenvalue weighted by Crippen LogP contribution is -2.32. The summed E-state index contributed by atoms with van der Waals surface area (Å²) in [5.74, 6) is 1.92. The van der Waals surface area contributed by atoms with Crippen molar-refractivity contribution in [1.82, 2.24) is 15.0 Å². The number of aromatic nitrogens is 3. The summed E-state index contributed by atoms with van der Waals surface area (Å²) in [4.78, 5) is 16.0. The van der Waals surface area contributed by atoms with Crippen LogP contribution in [0.1, 0.15) is 43.2 Å². The molecule has 1 N–H and O–H groups in total. The third kappa shape index (κ3) is 3.70. The predicted octanol–water partition coefficient (Wildman–Crippen LogP) is 4.78. The molecular formula is C23H27N5. The zero-order valence-corrected chi connectivity index (χ0v) is 17.0. The van der Waals surface area contributed by atoms with Crippen LogP contribution in [0.2, 0.25) is 0 Å². The molecule has 144 valence electrons. The second kappa shape index (κ2) is 7.23. The Bertz CT molecular complexity index is 973. The van der Waals surface area contributed by atoms with Crippen molar-refractivity contribution in [1.29, 1.82) is 0 Å². The van der Waals surface area contributed by atoms with Crippen LogP contribution in [-0.4, -0.2) is 21.5 Å². The maximum Gasteiger partial charge on any atom is 0.139 e. The van der Waals surface area contributed by atoms with Crippen LogP contribution in [0.5, 0.6) is 0 Å². The molecule has 0 amide bonds. The van der Waals surface area contributed by atoms with Crippen molar-refractivity contribution < 1.29 is 0 Å². The van der Waals surface area contributed by atoms with Crippen LogP contribution in [0, 0.1) is 6.92 Å². The molecule has 1 aliphatic rings. The molecule has 0 fully saturated rings. The molecule has 1 aliphatic heterocycles. The number of rotatable bonds is 3. The second-order valence-corrected chi connectivity index (χ2v) is 8.42. The van der Waals surface area contributed by atoms with Gasteiger partial charge in [-0.1, -0.05) is 39.0 Å². The van der Waals surface area contributed by atoms with Gasteiger partial charge in [-0.2, -0.15) is 0 Å². The minimum absolute atomic E-state index is 0.146. The Balaban J connectivity index is 1.60. The Morgan fingerprint density at radius 2 is 1.79 bits per heavy atom. The Hall–Kier alpha value is -2.95. The quantitative estimate of drug-likeness (QED) is 0.716. The van der Waals surface area contributed by atoms with E-state index in [0.29, 0.717) is 0 Å². The fraction of sp³-hybridized carbons (Fsp3) is 0.348. The average molecular weight is 374 g/mol. The van der Waals surface area contributed by atoms with Gasteiger partial charge in [0.05, 0.1) is 5.69 Å². The lowest BCUT2D eigenvalue weighted by molar-refractivity contribution is 0.590. The normalized spacial score (nSPS) is 13.9. The number of pyridine rings is 1. The van der Waals surface area contributed by atoms with E-state index in [-0.39, 0.29) is 5.41 Å². The molecule has 0 saturated carbocycles. The van der Waals surface area contributed by atoms with E-state index in [0.717, 1.165) is 48.1 Å². The number of hydrogen-bond acceptors (Lipinski definition) is 5. The Kier molecular flexibility index (Phi) is 4.75. The molecule has 28 heavy (non-hydrogen) atoms. The minimum atomic E-state index is 0.146. The lowest BCUT2D eigenvalue weighted by Gasteiger charge is -2.31. The lowest BCUT2D eigenvalue weighted by atomic mass is 9.87. The van der Waals surface area contributed by atoms with E-state index in [9.17, 15) is 0 Å². The van der Waals surface area contributed by atoms with E-state index < -0.39 is 0 Å². The number of nitrogens with one attached hydrogen (secondary N) is 1. The molecule has 2 aromatic heterocycles. The zero-order valence-electron chi connectivity index (χ0n) is 17.0. The number of hydrogen-bond donors (Lipinski definition) is 1. The average Bonchev–Trinajstić information content (AvgIpc) is 2.68. The van der Waals surface area contributed by atoms with E-state index in [2.05, 4.69) is 83.2 Å². The van der Waals surface area contributed by atoms with Gasteiger partial charge in [0.1, 0.15) is 18.0 Å². The highest BCUT2D eigenvalue weighted by atomic mass is 15.2. The number of nitrogens with zero attached hydrogens (tertiary/aromatic N) is 4. The highest BCUT2D eigenvalue weighted by molar-refractivity contribution is 5.62. The third-order valence-corrected chi connectivity index (χ3v) is 5.30. The van der Waals surface area contributed by atoms with Gasteiger partial charge in [-0.25, -0.2) is 15.0 Å². The fourth-order valence-corrected chi connectivity index (χ4v) is 3.63. The van der Waals surface area contributed by atoms with Gasteiger partial charge in [0, 0.05) is 37.0 Å². The predicted molar refractivity (Wildman–Crippen MR) is 114 cm³/mol. The van der Waals surface area contributed by atoms with Gasteiger partial charge in [0.2, 0.25) is 0 Å². The van der Waals surface area contributed by atoms with Crippen LogP contribution in [-0.2, 0) is 18.4 Å². The van der Waals surface area contributed by atoms with E-state index >= 15 is 0 Å². The van der Waals surface area contributed by atoms with Gasteiger partial charge in [-0.3, -0.25) is 0 Å². The monoisotopic (exact) mass is 373 g/mol. The van der Waals surface area contributed by atoms with Crippen LogP contribution in [0.4, 0.5) is 17.3 Å². The summed E-state index contributed by atoms with van der Waals surface area (Å²) < 4.78 is 0. The fourth-order valence-electron chi connectivity index (χ4n) is 3.63. The van der Waals surface area contributed by atoms with Gasteiger partial charge in [0.15, 0.2) is 0 Å². The molecule has 0 spiro atoms. The number of benzene rings is 1. The first-order valence-electron chi connectivity index (χ1n) is 9.79. The van der Waals surface area contributed by atoms with Gasteiger partial charge in [-0.15, -0.1) is 0 Å². The van der Waals surface area contributed by atoms with Crippen molar-refractivity contribution in [3.05, 3.63) is 71.3 Å². The van der Waals surface area contributed by atoms with E-state index in [1.807, 2.05) is 12.3 Å².